The molecule has 10 heteroatoms. The van der Waals surface area contributed by atoms with Crippen LogP contribution in [0.5, 0.6) is 11.5 Å². The molecule has 0 radical (unpaired) electrons. The standard InChI is InChI=1S/C28H31NO5.CH4O3S/c1-18-6-10-20(11-7-18)26(31)33-24-15-14-22(23(30)17-29-28(3,4)5)16-25(24)34-27(32)21-12-8-19(2)9-13-21;1-5(2,3)4/h6-16,23,29-30H,17H2,1-5H3;1H3,(H,2,3,4)/t23-;/m0./s1. The minimum Gasteiger partial charge on any atom is -0.748 e. The molecule has 0 aliphatic carbocycles. The number of aliphatic hydroxyl groups excluding tert-OH is 1. The summed E-state index contributed by atoms with van der Waals surface area (Å²) in [5, 5.41) is 12.7. The van der Waals surface area contributed by atoms with E-state index in [1.165, 1.54) is 0 Å². The van der Waals surface area contributed by atoms with Crippen LogP contribution in [0.3, 0.4) is 0 Å². The van der Waals surface area contributed by atoms with Gasteiger partial charge < -0.3 is 24.4 Å². The van der Waals surface area contributed by atoms with E-state index in [-0.39, 0.29) is 17.0 Å². The molecule has 0 saturated heterocycles. The summed E-state index contributed by atoms with van der Waals surface area (Å²) < 4.78 is 38.4. The van der Waals surface area contributed by atoms with E-state index in [1.807, 2.05) is 43.4 Å². The Morgan fingerprint density at radius 3 is 1.67 bits per heavy atom. The molecule has 0 unspecified atom stereocenters. The largest absolute Gasteiger partial charge is 0.748 e. The molecule has 3 N–H and O–H groups in total. The lowest BCUT2D eigenvalue weighted by Gasteiger charge is -2.20. The fraction of sp³-hybridized carbons (Fsp3) is 0.310. The van der Waals surface area contributed by atoms with Crippen LogP contribution in [-0.2, 0) is 10.1 Å². The molecule has 1 atom stereocenters. The zero-order chi connectivity index (χ0) is 29.4. The topological polar surface area (TPSA) is 147 Å². The lowest BCUT2D eigenvalue weighted by atomic mass is 10.1. The summed E-state index contributed by atoms with van der Waals surface area (Å²) in [6.07, 6.45) is -0.189. The molecule has 3 rings (SSSR count). The summed E-state index contributed by atoms with van der Waals surface area (Å²) in [5.74, 6) is -0.984. The van der Waals surface area contributed by atoms with Crippen LogP contribution >= 0.6 is 0 Å². The first-order valence-electron chi connectivity index (χ1n) is 12.2. The maximum atomic E-state index is 12.8. The predicted molar refractivity (Wildman–Crippen MR) is 146 cm³/mol. The zero-order valence-electron chi connectivity index (χ0n) is 22.9. The summed E-state index contributed by atoms with van der Waals surface area (Å²) in [4.78, 5) is 25.5. The Balaban J connectivity index is 0.000000976. The van der Waals surface area contributed by atoms with Crippen LogP contribution in [0.15, 0.2) is 66.7 Å². The SMILES string of the molecule is CS(=O)(=O)[O-].Cc1ccc(C(=O)Oc2ccc([C@@H](O)C[NH2+]C(C)(C)C)cc2OC(=O)c2ccc(C)cc2)cc1. The highest BCUT2D eigenvalue weighted by atomic mass is 32.2. The summed E-state index contributed by atoms with van der Waals surface area (Å²) in [6, 6.07) is 18.7. The number of carbonyl (C=O) groups excluding carboxylic acids is 2. The summed E-state index contributed by atoms with van der Waals surface area (Å²) >= 11 is 0. The number of quaternary nitrogens is 1. The molecule has 39 heavy (non-hydrogen) atoms. The summed E-state index contributed by atoms with van der Waals surface area (Å²) in [6.45, 7) is 10.5. The molecule has 3 aromatic carbocycles. The quantitative estimate of drug-likeness (QED) is 0.256. The third kappa shape index (κ3) is 11.8. The molecule has 0 fully saturated rings. The van der Waals surface area contributed by atoms with Gasteiger partial charge in [-0.3, -0.25) is 0 Å². The van der Waals surface area contributed by atoms with Gasteiger partial charge in [-0.25, -0.2) is 18.0 Å². The first kappa shape index (κ1) is 31.6. The molecule has 0 aliphatic heterocycles. The van der Waals surface area contributed by atoms with E-state index in [0.717, 1.165) is 11.1 Å². The molecule has 0 bridgehead atoms. The minimum atomic E-state index is -3.92. The van der Waals surface area contributed by atoms with Gasteiger partial charge in [0.15, 0.2) is 11.5 Å². The van der Waals surface area contributed by atoms with E-state index in [1.54, 1.807) is 42.5 Å². The van der Waals surface area contributed by atoms with E-state index in [2.05, 4.69) is 20.8 Å². The Hall–Kier alpha value is -3.57. The number of ether oxygens (including phenoxy) is 2. The average Bonchev–Trinajstić information content (AvgIpc) is 2.83. The average molecular weight is 558 g/mol. The fourth-order valence-corrected chi connectivity index (χ4v) is 3.19. The number of nitrogens with two attached hydrogens (primary N) is 1. The van der Waals surface area contributed by atoms with Crippen LogP contribution in [0.4, 0.5) is 0 Å². The van der Waals surface area contributed by atoms with E-state index in [4.69, 9.17) is 22.4 Å². The third-order valence-electron chi connectivity index (χ3n) is 5.29. The van der Waals surface area contributed by atoms with Crippen molar-refractivity contribution in [3.05, 3.63) is 94.5 Å². The van der Waals surface area contributed by atoms with E-state index in [9.17, 15) is 14.7 Å². The van der Waals surface area contributed by atoms with Crippen LogP contribution in [-0.4, -0.2) is 48.4 Å². The second-order valence-electron chi connectivity index (χ2n) is 10.2. The molecule has 0 heterocycles. The van der Waals surface area contributed by atoms with Gasteiger partial charge in [-0.2, -0.15) is 0 Å². The molecular weight excluding hydrogens is 522 g/mol. The van der Waals surface area contributed by atoms with Gasteiger partial charge in [-0.15, -0.1) is 0 Å². The van der Waals surface area contributed by atoms with Crippen LogP contribution in [0.1, 0.15) is 64.3 Å². The molecule has 0 saturated carbocycles. The Labute approximate surface area is 229 Å². The Bertz CT molecular complexity index is 1370. The number of aliphatic hydroxyl groups is 1. The van der Waals surface area contributed by atoms with Crippen molar-refractivity contribution in [2.24, 2.45) is 0 Å². The number of rotatable bonds is 7. The molecule has 0 spiro atoms. The van der Waals surface area contributed by atoms with E-state index in [0.29, 0.717) is 29.5 Å². The molecular formula is C29H35NO8S. The molecule has 210 valence electrons. The lowest BCUT2D eigenvalue weighted by Crippen LogP contribution is -2.95. The van der Waals surface area contributed by atoms with Gasteiger partial charge in [0.2, 0.25) is 0 Å². The smallest absolute Gasteiger partial charge is 0.343 e. The Kier molecular flexibility index (Phi) is 10.9. The highest BCUT2D eigenvalue weighted by Gasteiger charge is 2.21. The Morgan fingerprint density at radius 2 is 1.26 bits per heavy atom. The summed E-state index contributed by atoms with van der Waals surface area (Å²) in [5.41, 5.74) is 3.30. The van der Waals surface area contributed by atoms with Gasteiger partial charge in [0.25, 0.3) is 0 Å². The molecule has 9 nitrogen and oxygen atoms in total. The zero-order valence-corrected chi connectivity index (χ0v) is 23.7. The number of esters is 2. The van der Waals surface area contributed by atoms with Gasteiger partial charge in [0.1, 0.15) is 12.6 Å². The highest BCUT2D eigenvalue weighted by molar-refractivity contribution is 7.84. The number of hydrogen-bond acceptors (Lipinski definition) is 8. The van der Waals surface area contributed by atoms with Crippen molar-refractivity contribution < 1.29 is 42.5 Å². The van der Waals surface area contributed by atoms with Crippen molar-refractivity contribution in [1.29, 1.82) is 0 Å². The molecule has 3 aromatic rings. The molecule has 0 amide bonds. The minimum absolute atomic E-state index is 0.0504. The van der Waals surface area contributed by atoms with Crippen LogP contribution in [0, 0.1) is 13.8 Å². The van der Waals surface area contributed by atoms with Crippen molar-refractivity contribution in [2.75, 3.05) is 12.8 Å². The van der Waals surface area contributed by atoms with Gasteiger partial charge in [-0.05, 0) is 76.6 Å². The maximum absolute atomic E-state index is 12.8. The lowest BCUT2D eigenvalue weighted by molar-refractivity contribution is -0.722. The molecule has 0 aliphatic rings. The third-order valence-corrected chi connectivity index (χ3v) is 5.29. The van der Waals surface area contributed by atoms with Crippen LogP contribution < -0.4 is 14.8 Å². The highest BCUT2D eigenvalue weighted by Crippen LogP contribution is 2.32. The fourth-order valence-electron chi connectivity index (χ4n) is 3.19. The molecule has 0 aromatic heterocycles. The normalized spacial score (nSPS) is 12.1. The number of aryl methyl sites for hydroxylation is 2. The van der Waals surface area contributed by atoms with Gasteiger partial charge in [-0.1, -0.05) is 41.5 Å². The second kappa shape index (κ2) is 13.5. The van der Waals surface area contributed by atoms with Gasteiger partial charge in [0.05, 0.1) is 26.8 Å². The first-order chi connectivity index (χ1) is 18.0. The first-order valence-corrected chi connectivity index (χ1v) is 14.0. The van der Waals surface area contributed by atoms with E-state index >= 15 is 0 Å². The second-order valence-corrected chi connectivity index (χ2v) is 11.7. The van der Waals surface area contributed by atoms with Crippen molar-refractivity contribution >= 4 is 22.1 Å². The predicted octanol–water partition coefficient (Wildman–Crippen LogP) is 3.30. The van der Waals surface area contributed by atoms with Gasteiger partial charge in [0, 0.05) is 6.26 Å². The van der Waals surface area contributed by atoms with E-state index < -0.39 is 28.2 Å². The van der Waals surface area contributed by atoms with Crippen LogP contribution in [0.25, 0.3) is 0 Å². The van der Waals surface area contributed by atoms with Crippen molar-refractivity contribution in [3.8, 4) is 11.5 Å². The maximum Gasteiger partial charge on any atom is 0.343 e. The number of benzene rings is 3. The Morgan fingerprint density at radius 1 is 0.846 bits per heavy atom. The van der Waals surface area contributed by atoms with Crippen molar-refractivity contribution in [1.82, 2.24) is 0 Å². The van der Waals surface area contributed by atoms with Crippen LogP contribution in [0.2, 0.25) is 0 Å². The monoisotopic (exact) mass is 557 g/mol. The van der Waals surface area contributed by atoms with Crippen molar-refractivity contribution in [3.63, 3.8) is 0 Å². The summed E-state index contributed by atoms with van der Waals surface area (Å²) in [7, 11) is -3.92. The van der Waals surface area contributed by atoms with Gasteiger partial charge >= 0.3 is 11.9 Å². The number of carbonyl (C=O) groups is 2. The number of hydrogen-bond donors (Lipinski definition) is 2. The van der Waals surface area contributed by atoms with Crippen molar-refractivity contribution in [2.45, 2.75) is 46.3 Å².